The number of aliphatic hydroxyl groups is 1. The number of carbonyl (C=O) groups excluding carboxylic acids is 1. The molecule has 0 spiro atoms. The largest absolute Gasteiger partial charge is 0.389 e. The maximum atomic E-state index is 13.8. The summed E-state index contributed by atoms with van der Waals surface area (Å²) in [5, 5.41) is 12.4. The second-order valence-electron chi connectivity index (χ2n) is 6.01. The van der Waals surface area contributed by atoms with Crippen LogP contribution in [0.4, 0.5) is 14.9 Å². The molecule has 0 radical (unpaired) electrons. The van der Waals surface area contributed by atoms with Gasteiger partial charge < -0.3 is 20.2 Å². The maximum Gasteiger partial charge on any atom is 0.317 e. The molecule has 0 aliphatic carbocycles. The average molecular weight is 297 g/mol. The van der Waals surface area contributed by atoms with E-state index >= 15 is 0 Å². The summed E-state index contributed by atoms with van der Waals surface area (Å²) in [6, 6.07) is 4.55. The van der Waals surface area contributed by atoms with Crippen molar-refractivity contribution >= 4 is 11.7 Å². The monoisotopic (exact) mass is 297 g/mol. The molecule has 0 atom stereocenters. The van der Waals surface area contributed by atoms with Gasteiger partial charge in [0.15, 0.2) is 0 Å². The summed E-state index contributed by atoms with van der Waals surface area (Å²) in [5.74, 6) is -0.323. The number of carbonyl (C=O) groups is 1. The number of halogens is 1. The number of anilines is 1. The second kappa shape index (κ2) is 6.76. The first-order chi connectivity index (χ1) is 9.60. The first-order valence-corrected chi connectivity index (χ1v) is 6.77. The van der Waals surface area contributed by atoms with Crippen LogP contribution in [0.2, 0.25) is 0 Å². The van der Waals surface area contributed by atoms with Crippen molar-refractivity contribution in [3.8, 4) is 0 Å². The summed E-state index contributed by atoms with van der Waals surface area (Å²) < 4.78 is 13.8. The SMILES string of the molecule is CN(CC(C)(C)O)C(=O)NCc1ccc(N(C)C)c(F)c1. The van der Waals surface area contributed by atoms with Crippen LogP contribution in [0.15, 0.2) is 18.2 Å². The van der Waals surface area contributed by atoms with Crippen LogP contribution in [0.25, 0.3) is 0 Å². The summed E-state index contributed by atoms with van der Waals surface area (Å²) in [5.41, 5.74) is 0.235. The number of likely N-dealkylation sites (N-methyl/N-ethyl adjacent to an activating group) is 1. The van der Waals surface area contributed by atoms with Crippen LogP contribution in [0, 0.1) is 5.82 Å². The van der Waals surface area contributed by atoms with Crippen LogP contribution in [0.1, 0.15) is 19.4 Å². The Hall–Kier alpha value is -1.82. The van der Waals surface area contributed by atoms with Gasteiger partial charge in [0.1, 0.15) is 5.82 Å². The molecule has 0 saturated heterocycles. The van der Waals surface area contributed by atoms with E-state index in [0.717, 1.165) is 0 Å². The third-order valence-corrected chi connectivity index (χ3v) is 2.91. The lowest BCUT2D eigenvalue weighted by molar-refractivity contribution is 0.0531. The van der Waals surface area contributed by atoms with Gasteiger partial charge in [-0.2, -0.15) is 0 Å². The van der Waals surface area contributed by atoms with Crippen LogP contribution in [0.5, 0.6) is 0 Å². The molecule has 2 N–H and O–H groups in total. The molecule has 0 aromatic heterocycles. The lowest BCUT2D eigenvalue weighted by atomic mass is 10.1. The highest BCUT2D eigenvalue weighted by Gasteiger charge is 2.19. The van der Waals surface area contributed by atoms with E-state index in [-0.39, 0.29) is 24.9 Å². The second-order valence-corrected chi connectivity index (χ2v) is 6.01. The number of nitrogens with one attached hydrogen (secondary N) is 1. The van der Waals surface area contributed by atoms with E-state index in [1.807, 2.05) is 0 Å². The molecule has 0 fully saturated rings. The van der Waals surface area contributed by atoms with Gasteiger partial charge in [-0.25, -0.2) is 9.18 Å². The van der Waals surface area contributed by atoms with Gasteiger partial charge in [-0.1, -0.05) is 6.07 Å². The number of hydrogen-bond donors (Lipinski definition) is 2. The van der Waals surface area contributed by atoms with Crippen molar-refractivity contribution < 1.29 is 14.3 Å². The number of amides is 2. The van der Waals surface area contributed by atoms with Gasteiger partial charge in [-0.05, 0) is 31.5 Å². The summed E-state index contributed by atoms with van der Waals surface area (Å²) in [7, 11) is 5.14. The fourth-order valence-electron chi connectivity index (χ4n) is 1.99. The van der Waals surface area contributed by atoms with Crippen molar-refractivity contribution in [2.45, 2.75) is 26.0 Å². The highest BCUT2D eigenvalue weighted by atomic mass is 19.1. The molecule has 118 valence electrons. The Labute approximate surface area is 125 Å². The minimum atomic E-state index is -0.953. The van der Waals surface area contributed by atoms with E-state index in [1.165, 1.54) is 11.0 Å². The molecular formula is C15H24FN3O2. The third kappa shape index (κ3) is 5.59. The molecule has 0 aliphatic rings. The van der Waals surface area contributed by atoms with Gasteiger partial charge in [-0.15, -0.1) is 0 Å². The predicted molar refractivity (Wildman–Crippen MR) is 81.9 cm³/mol. The van der Waals surface area contributed by atoms with Crippen LogP contribution in [-0.2, 0) is 6.54 Å². The Morgan fingerprint density at radius 3 is 2.43 bits per heavy atom. The van der Waals surface area contributed by atoms with E-state index in [4.69, 9.17) is 0 Å². The topological polar surface area (TPSA) is 55.8 Å². The van der Waals surface area contributed by atoms with E-state index in [2.05, 4.69) is 5.32 Å². The minimum Gasteiger partial charge on any atom is -0.389 e. The summed E-state index contributed by atoms with van der Waals surface area (Å²) >= 11 is 0. The average Bonchev–Trinajstić information content (AvgIpc) is 2.33. The molecule has 1 aromatic carbocycles. The Morgan fingerprint density at radius 1 is 1.33 bits per heavy atom. The molecule has 0 unspecified atom stereocenters. The van der Waals surface area contributed by atoms with Gasteiger partial charge in [0.05, 0.1) is 17.8 Å². The Kier molecular flexibility index (Phi) is 5.54. The highest BCUT2D eigenvalue weighted by Crippen LogP contribution is 2.18. The molecule has 1 aromatic rings. The van der Waals surface area contributed by atoms with Crippen molar-refractivity contribution in [3.63, 3.8) is 0 Å². The molecule has 0 heterocycles. The molecule has 0 bridgehead atoms. The van der Waals surface area contributed by atoms with Crippen LogP contribution < -0.4 is 10.2 Å². The van der Waals surface area contributed by atoms with Gasteiger partial charge in [0, 0.05) is 27.7 Å². The van der Waals surface area contributed by atoms with Crippen LogP contribution >= 0.6 is 0 Å². The van der Waals surface area contributed by atoms with Crippen molar-refractivity contribution in [1.29, 1.82) is 0 Å². The van der Waals surface area contributed by atoms with E-state index < -0.39 is 5.60 Å². The molecule has 1 rings (SSSR count). The zero-order valence-corrected chi connectivity index (χ0v) is 13.3. The molecule has 21 heavy (non-hydrogen) atoms. The van der Waals surface area contributed by atoms with Crippen molar-refractivity contribution in [2.75, 3.05) is 32.6 Å². The maximum absolute atomic E-state index is 13.8. The molecule has 5 nitrogen and oxygen atoms in total. The first kappa shape index (κ1) is 17.2. The normalized spacial score (nSPS) is 11.2. The Balaban J connectivity index is 2.59. The standard InChI is InChI=1S/C15H24FN3O2/c1-15(2,21)10-19(5)14(20)17-9-11-6-7-13(18(3)4)12(16)8-11/h6-8,21H,9-10H2,1-5H3,(H,17,20). The Morgan fingerprint density at radius 2 is 1.95 bits per heavy atom. The molecule has 0 aliphatic heterocycles. The zero-order chi connectivity index (χ0) is 16.2. The number of urea groups is 1. The van der Waals surface area contributed by atoms with Crippen molar-refractivity contribution in [3.05, 3.63) is 29.6 Å². The van der Waals surface area contributed by atoms with E-state index in [9.17, 15) is 14.3 Å². The fraction of sp³-hybridized carbons (Fsp3) is 0.533. The van der Waals surface area contributed by atoms with Gasteiger partial charge >= 0.3 is 6.03 Å². The van der Waals surface area contributed by atoms with E-state index in [1.54, 1.807) is 52.0 Å². The van der Waals surface area contributed by atoms with Gasteiger partial charge in [0.25, 0.3) is 0 Å². The summed E-state index contributed by atoms with van der Waals surface area (Å²) in [6.07, 6.45) is 0. The van der Waals surface area contributed by atoms with Gasteiger partial charge in [-0.3, -0.25) is 0 Å². The number of hydrogen-bond acceptors (Lipinski definition) is 3. The highest BCUT2D eigenvalue weighted by molar-refractivity contribution is 5.73. The predicted octanol–water partition coefficient (Wildman–Crippen LogP) is 1.80. The lowest BCUT2D eigenvalue weighted by Gasteiger charge is -2.25. The van der Waals surface area contributed by atoms with Crippen molar-refractivity contribution in [1.82, 2.24) is 10.2 Å². The summed E-state index contributed by atoms with van der Waals surface area (Å²) in [6.45, 7) is 3.71. The first-order valence-electron chi connectivity index (χ1n) is 6.77. The zero-order valence-electron chi connectivity index (χ0n) is 13.3. The Bertz CT molecular complexity index is 498. The summed E-state index contributed by atoms with van der Waals surface area (Å²) in [4.78, 5) is 14.9. The minimum absolute atomic E-state index is 0.215. The lowest BCUT2D eigenvalue weighted by Crippen LogP contribution is -2.44. The fourth-order valence-corrected chi connectivity index (χ4v) is 1.99. The molecular weight excluding hydrogens is 273 g/mol. The number of nitrogens with zero attached hydrogens (tertiary/aromatic N) is 2. The molecule has 2 amide bonds. The van der Waals surface area contributed by atoms with Crippen LogP contribution in [-0.4, -0.2) is 49.3 Å². The number of rotatable bonds is 5. The van der Waals surface area contributed by atoms with Gasteiger partial charge in [0.2, 0.25) is 0 Å². The van der Waals surface area contributed by atoms with E-state index in [0.29, 0.717) is 11.3 Å². The number of benzene rings is 1. The van der Waals surface area contributed by atoms with Crippen molar-refractivity contribution in [2.24, 2.45) is 0 Å². The third-order valence-electron chi connectivity index (χ3n) is 2.91. The smallest absolute Gasteiger partial charge is 0.317 e. The van der Waals surface area contributed by atoms with Crippen LogP contribution in [0.3, 0.4) is 0 Å². The quantitative estimate of drug-likeness (QED) is 0.871. The molecule has 6 heteroatoms. The molecule has 0 saturated carbocycles.